The number of hydrogen-bond acceptors (Lipinski definition) is 9. The van der Waals surface area contributed by atoms with Crippen LogP contribution in [0.3, 0.4) is 0 Å². The molecule has 5 unspecified atom stereocenters. The van der Waals surface area contributed by atoms with Gasteiger partial charge < -0.3 is 71.4 Å². The molecule has 5 amide bonds. The molecule has 0 fully saturated rings. The Hall–Kier alpha value is -5.21. The Bertz CT molecular complexity index is 1500. The number of aliphatic imine (C=N–C) groups is 2. The van der Waals surface area contributed by atoms with Crippen LogP contribution in [-0.2, 0) is 30.4 Å². The number of phenols is 1. The zero-order valence-corrected chi connectivity index (χ0v) is 37.4. The number of benzene rings is 1. The Morgan fingerprint density at radius 1 is 0.597 bits per heavy atom. The van der Waals surface area contributed by atoms with E-state index in [-0.39, 0.29) is 97.9 Å². The molecule has 0 aliphatic carbocycles. The van der Waals surface area contributed by atoms with Gasteiger partial charge in [-0.15, -0.1) is 0 Å². The molecule has 1 rings (SSSR count). The van der Waals surface area contributed by atoms with Crippen LogP contribution in [-0.4, -0.2) is 117 Å². The van der Waals surface area contributed by atoms with Gasteiger partial charge in [-0.25, -0.2) is 0 Å². The van der Waals surface area contributed by atoms with E-state index in [0.29, 0.717) is 58.2 Å². The van der Waals surface area contributed by atoms with Crippen LogP contribution in [0.5, 0.6) is 5.75 Å². The van der Waals surface area contributed by atoms with Crippen LogP contribution in [0.25, 0.3) is 0 Å². The number of nitrogens with two attached hydrogens (primary N) is 4. The summed E-state index contributed by atoms with van der Waals surface area (Å²) in [5, 5.41) is 27.6. The zero-order valence-electron chi connectivity index (χ0n) is 37.4. The highest BCUT2D eigenvalue weighted by molar-refractivity contribution is 5.83. The summed E-state index contributed by atoms with van der Waals surface area (Å²) in [6.45, 7) is 4.35. The number of rotatable bonds is 35. The van der Waals surface area contributed by atoms with E-state index in [2.05, 4.69) is 53.4 Å². The number of nitrogens with one attached hydrogen (secondary N) is 6. The molecule has 20 nitrogen and oxygen atoms in total. The lowest BCUT2D eigenvalue weighted by Crippen LogP contribution is -2.50. The van der Waals surface area contributed by atoms with Gasteiger partial charge in [-0.1, -0.05) is 19.1 Å². The van der Waals surface area contributed by atoms with Crippen LogP contribution in [0.4, 0.5) is 0 Å². The predicted octanol–water partition coefficient (Wildman–Crippen LogP) is -2.13. The summed E-state index contributed by atoms with van der Waals surface area (Å²) in [5.74, 6) is -1.17. The Balaban J connectivity index is 2.89. The second kappa shape index (κ2) is 33.4. The maximum Gasteiger partial charge on any atom is 0.222 e. The molecule has 0 bridgehead atoms. The molecule has 1 aromatic carbocycles. The summed E-state index contributed by atoms with van der Waals surface area (Å²) in [6, 6.07) is 5.17. The normalized spacial score (nSPS) is 13.4. The molecule has 0 radical (unpaired) electrons. The lowest BCUT2D eigenvalue weighted by atomic mass is 10.0. The van der Waals surface area contributed by atoms with Crippen molar-refractivity contribution in [3.8, 4) is 5.75 Å². The lowest BCUT2D eigenvalue weighted by molar-refractivity contribution is -0.369. The largest absolute Gasteiger partial charge is 0.508 e. The van der Waals surface area contributed by atoms with Crippen molar-refractivity contribution < 1.29 is 40.5 Å². The van der Waals surface area contributed by atoms with Crippen molar-refractivity contribution in [1.29, 1.82) is 0 Å². The number of phenolic OH excluding ortho intramolecular Hbond substituents is 1. The Morgan fingerprint density at radius 3 is 1.45 bits per heavy atom. The molecule has 21 N–H and O–H groups in total. The van der Waals surface area contributed by atoms with Crippen molar-refractivity contribution in [2.24, 2.45) is 32.9 Å². The molecule has 0 aliphatic heterocycles. The first-order valence-corrected chi connectivity index (χ1v) is 22.3. The van der Waals surface area contributed by atoms with Crippen molar-refractivity contribution in [2.45, 2.75) is 146 Å². The lowest BCUT2D eigenvalue weighted by Gasteiger charge is -2.24. The number of nitrogens with zero attached hydrogens (tertiary/aromatic N) is 2. The van der Waals surface area contributed by atoms with Gasteiger partial charge in [0.25, 0.3) is 0 Å². The van der Waals surface area contributed by atoms with Gasteiger partial charge in [0.15, 0.2) is 11.9 Å². The third-order valence-electron chi connectivity index (χ3n) is 10.3. The Morgan fingerprint density at radius 2 is 1.02 bits per heavy atom. The van der Waals surface area contributed by atoms with Crippen LogP contribution < -0.4 is 66.3 Å². The van der Waals surface area contributed by atoms with Gasteiger partial charge in [0, 0.05) is 81.9 Å². The Labute approximate surface area is 367 Å². The van der Waals surface area contributed by atoms with Crippen molar-refractivity contribution in [2.75, 3.05) is 39.8 Å². The molecule has 0 aliphatic rings. The zero-order chi connectivity index (χ0) is 46.1. The van der Waals surface area contributed by atoms with Gasteiger partial charge in [0.1, 0.15) is 5.75 Å². The molecule has 352 valence electrons. The number of carbonyl (C=O) groups is 5. The summed E-state index contributed by atoms with van der Waals surface area (Å²) < 4.78 is 0. The van der Waals surface area contributed by atoms with Crippen LogP contribution in [0, 0.1) is 0 Å². The molecule has 0 spiro atoms. The van der Waals surface area contributed by atoms with Crippen LogP contribution in [0.15, 0.2) is 34.3 Å². The van der Waals surface area contributed by atoms with Gasteiger partial charge in [-0.3, -0.25) is 34.0 Å². The van der Waals surface area contributed by atoms with Gasteiger partial charge in [0.2, 0.25) is 29.5 Å². The third-order valence-corrected chi connectivity index (χ3v) is 10.3. The summed E-state index contributed by atoms with van der Waals surface area (Å²) in [6.07, 6.45) is 8.30. The first-order valence-electron chi connectivity index (χ1n) is 22.3. The number of unbranched alkanes of at least 4 members (excludes halogenated alkanes) is 2. The monoisotopic (exact) mass is 877 g/mol. The number of amides is 5. The second-order valence-electron chi connectivity index (χ2n) is 15.8. The molecule has 5 atom stereocenters. The van der Waals surface area contributed by atoms with Crippen LogP contribution in [0.1, 0.15) is 115 Å². The van der Waals surface area contributed by atoms with Crippen molar-refractivity contribution in [3.63, 3.8) is 0 Å². The van der Waals surface area contributed by atoms with E-state index in [4.69, 9.17) is 22.9 Å². The molecule has 0 saturated carbocycles. The summed E-state index contributed by atoms with van der Waals surface area (Å²) >= 11 is 0. The average molecular weight is 877 g/mol. The quantitative estimate of drug-likeness (QED) is 0.0198. The maximum absolute atomic E-state index is 13.6. The minimum absolute atomic E-state index is 0.000274. The van der Waals surface area contributed by atoms with Gasteiger partial charge >= 0.3 is 0 Å². The molecular weight excluding hydrogens is 797 g/mol. The number of hydrogen-bond donors (Lipinski definition) is 13. The highest BCUT2D eigenvalue weighted by Gasteiger charge is 2.24. The van der Waals surface area contributed by atoms with E-state index in [0.717, 1.165) is 50.6 Å². The van der Waals surface area contributed by atoms with Gasteiger partial charge in [-0.05, 0) is 102 Å². The molecule has 0 aromatic heterocycles. The second-order valence-corrected chi connectivity index (χ2v) is 15.8. The van der Waals surface area contributed by atoms with E-state index in [1.54, 1.807) is 31.3 Å². The highest BCUT2D eigenvalue weighted by atomic mass is 16.3. The molecule has 62 heavy (non-hydrogen) atoms. The molecule has 20 heteroatoms. The molecule has 0 heterocycles. The fraction of sp³-hybridized carbons (Fsp3) is 0.690. The summed E-state index contributed by atoms with van der Waals surface area (Å²) in [7, 11) is 1.77. The van der Waals surface area contributed by atoms with Crippen molar-refractivity contribution in [1.82, 2.24) is 31.9 Å². The van der Waals surface area contributed by atoms with Gasteiger partial charge in [0.05, 0.1) is 13.1 Å². The SMILES string of the molecule is CCC(CCCN=C(N)N)NC(=O)CC(CCCC[NH3+])NC(=O)CC(CCCC[NH3+])NC(=O)CC(CCCN=C(N)N)NC(=O)CCNC(=O)CC(Cc1ccc(O)cc1)NC. The average Bonchev–Trinajstić information content (AvgIpc) is 3.20. The van der Waals surface area contributed by atoms with E-state index in [1.807, 2.05) is 6.92 Å². The standard InChI is InChI=1S/C42H78N14O6/c1-3-30(12-8-21-51-41(45)46)53-38(60)25-31(10-4-6-19-43)55-39(61)26-32(11-5-7-20-44)56-40(62)27-33(13-9-22-52-42(47)48)54-36(58)18-23-50-37(59)28-34(49-2)24-29-14-16-35(57)17-15-29/h14-17,30-34,49,57H,3-13,18-28,43-44H2,1-2H3,(H,50,59)(H,53,60)(H,54,58)(H,55,61)(H,56,62)(H4,45,46,51)(H4,47,48,52)/p+2. The fourth-order valence-corrected chi connectivity index (χ4v) is 6.92. The smallest absolute Gasteiger partial charge is 0.222 e. The van der Waals surface area contributed by atoms with Crippen LogP contribution in [0.2, 0.25) is 0 Å². The first kappa shape index (κ1) is 54.8. The topological polar surface area (TPSA) is 362 Å². The maximum atomic E-state index is 13.6. The van der Waals surface area contributed by atoms with Gasteiger partial charge in [-0.2, -0.15) is 0 Å². The Kier molecular flexibility index (Phi) is 29.5. The molecule has 1 aromatic rings. The van der Waals surface area contributed by atoms with Crippen molar-refractivity contribution >= 4 is 41.5 Å². The molecular formula is C42H80N14O6+2. The first-order chi connectivity index (χ1) is 29.7. The third kappa shape index (κ3) is 28.3. The minimum Gasteiger partial charge on any atom is -0.508 e. The number of aromatic hydroxyl groups is 1. The fourth-order valence-electron chi connectivity index (χ4n) is 6.92. The summed E-state index contributed by atoms with van der Waals surface area (Å²) in [4.78, 5) is 74.0. The van der Waals surface area contributed by atoms with E-state index in [1.165, 1.54) is 0 Å². The predicted molar refractivity (Wildman–Crippen MR) is 242 cm³/mol. The van der Waals surface area contributed by atoms with E-state index in [9.17, 15) is 29.1 Å². The minimum atomic E-state index is -0.560. The number of likely N-dealkylation sites (N-methyl/N-ethyl adjacent to an activating group) is 1. The number of guanidine groups is 2. The van der Waals surface area contributed by atoms with E-state index < -0.39 is 18.1 Å². The molecule has 0 saturated heterocycles. The number of quaternary nitrogens is 2. The number of carbonyl (C=O) groups excluding carboxylic acids is 5. The summed E-state index contributed by atoms with van der Waals surface area (Å²) in [5.41, 5.74) is 30.6. The highest BCUT2D eigenvalue weighted by Crippen LogP contribution is 2.14. The van der Waals surface area contributed by atoms with Crippen molar-refractivity contribution in [3.05, 3.63) is 29.8 Å². The van der Waals surface area contributed by atoms with E-state index >= 15 is 0 Å². The van der Waals surface area contributed by atoms with Crippen LogP contribution >= 0.6 is 0 Å².